The zero-order valence-corrected chi connectivity index (χ0v) is 10.5. The Hall–Kier alpha value is -1.26. The first-order valence-corrected chi connectivity index (χ1v) is 5.39. The standard InChI is InChI=1S/C11H21NO4/c1-6-7(2)8(9(13)14)12-10(15)16-11(3,4)5/h7-8H,6H2,1-5H3,(H,12,15)(H,13,14)/i9+1. The van der Waals surface area contributed by atoms with Gasteiger partial charge in [-0.15, -0.1) is 0 Å². The molecule has 0 aliphatic rings. The predicted molar refractivity (Wildman–Crippen MR) is 60.2 cm³/mol. The molecule has 0 radical (unpaired) electrons. The molecule has 0 saturated carbocycles. The number of carboxylic acid groups (broad SMARTS) is 1. The molecule has 0 spiro atoms. The summed E-state index contributed by atoms with van der Waals surface area (Å²) in [5.41, 5.74) is -0.622. The maximum atomic E-state index is 11.4. The fourth-order valence-electron chi connectivity index (χ4n) is 1.12. The van der Waals surface area contributed by atoms with Gasteiger partial charge in [-0.25, -0.2) is 9.59 Å². The van der Waals surface area contributed by atoms with E-state index in [0.717, 1.165) is 0 Å². The molecule has 94 valence electrons. The van der Waals surface area contributed by atoms with Gasteiger partial charge in [0.05, 0.1) is 0 Å². The second kappa shape index (κ2) is 5.72. The number of carboxylic acids is 1. The van der Waals surface area contributed by atoms with Gasteiger partial charge in [-0.2, -0.15) is 0 Å². The molecule has 0 aromatic rings. The van der Waals surface area contributed by atoms with E-state index in [4.69, 9.17) is 9.84 Å². The van der Waals surface area contributed by atoms with Crippen molar-refractivity contribution in [2.45, 2.75) is 52.7 Å². The fraction of sp³-hybridized carbons (Fsp3) is 0.818. The summed E-state index contributed by atoms with van der Waals surface area (Å²) >= 11 is 0. The number of carbonyl (C=O) groups is 2. The van der Waals surface area contributed by atoms with Gasteiger partial charge in [-0.3, -0.25) is 0 Å². The lowest BCUT2D eigenvalue weighted by Crippen LogP contribution is -2.46. The minimum Gasteiger partial charge on any atom is -0.480 e. The molecule has 0 aromatic carbocycles. The second-order valence-electron chi connectivity index (χ2n) is 4.85. The number of aliphatic carboxylic acids is 1. The molecule has 5 nitrogen and oxygen atoms in total. The van der Waals surface area contributed by atoms with Crippen molar-refractivity contribution >= 4 is 12.1 Å². The lowest BCUT2D eigenvalue weighted by Gasteiger charge is -2.24. The Kier molecular flexibility index (Phi) is 5.27. The zero-order chi connectivity index (χ0) is 12.9. The summed E-state index contributed by atoms with van der Waals surface area (Å²) in [6.45, 7) is 8.83. The normalized spacial score (nSPS) is 15.1. The second-order valence-corrected chi connectivity index (χ2v) is 4.85. The number of rotatable bonds is 4. The highest BCUT2D eigenvalue weighted by Gasteiger charge is 2.27. The largest absolute Gasteiger partial charge is 0.480 e. The van der Waals surface area contributed by atoms with Crippen LogP contribution in [-0.2, 0) is 9.53 Å². The van der Waals surface area contributed by atoms with Crippen LogP contribution in [0.5, 0.6) is 0 Å². The van der Waals surface area contributed by atoms with E-state index in [0.29, 0.717) is 6.42 Å². The Morgan fingerprint density at radius 3 is 2.19 bits per heavy atom. The van der Waals surface area contributed by atoms with E-state index in [9.17, 15) is 9.59 Å². The number of carbonyl (C=O) groups excluding carboxylic acids is 1. The lowest BCUT2D eigenvalue weighted by molar-refractivity contribution is -0.140. The third-order valence-corrected chi connectivity index (χ3v) is 2.15. The van der Waals surface area contributed by atoms with E-state index < -0.39 is 23.7 Å². The molecular weight excluding hydrogens is 211 g/mol. The molecule has 0 heterocycles. The molecule has 0 aromatic heterocycles. The van der Waals surface area contributed by atoms with Gasteiger partial charge in [-0.05, 0) is 26.7 Å². The van der Waals surface area contributed by atoms with Crippen molar-refractivity contribution in [1.29, 1.82) is 0 Å². The molecule has 2 unspecified atom stereocenters. The number of amides is 1. The van der Waals surface area contributed by atoms with E-state index in [2.05, 4.69) is 5.32 Å². The smallest absolute Gasteiger partial charge is 0.408 e. The monoisotopic (exact) mass is 232 g/mol. The first kappa shape index (κ1) is 14.7. The Bertz CT molecular complexity index is 257. The van der Waals surface area contributed by atoms with Gasteiger partial charge < -0.3 is 15.2 Å². The van der Waals surface area contributed by atoms with Crippen molar-refractivity contribution in [2.24, 2.45) is 5.92 Å². The van der Waals surface area contributed by atoms with Crippen LogP contribution in [0, 0.1) is 5.92 Å². The van der Waals surface area contributed by atoms with Gasteiger partial charge >= 0.3 is 12.1 Å². The van der Waals surface area contributed by atoms with Crippen LogP contribution >= 0.6 is 0 Å². The quantitative estimate of drug-likeness (QED) is 0.727. The van der Waals surface area contributed by atoms with Crippen LogP contribution in [0.2, 0.25) is 0 Å². The van der Waals surface area contributed by atoms with Gasteiger partial charge in [0.15, 0.2) is 0 Å². The number of hydrogen-bond acceptors (Lipinski definition) is 3. The van der Waals surface area contributed by atoms with Crippen LogP contribution in [0.1, 0.15) is 41.0 Å². The number of alkyl carbamates (subject to hydrolysis) is 1. The molecule has 2 N–H and O–H groups in total. The number of ether oxygens (including phenoxy) is 1. The average Bonchev–Trinajstić information content (AvgIpc) is 2.09. The molecule has 1 amide bonds. The van der Waals surface area contributed by atoms with Crippen LogP contribution in [0.25, 0.3) is 0 Å². The molecule has 0 bridgehead atoms. The Morgan fingerprint density at radius 1 is 1.38 bits per heavy atom. The van der Waals surface area contributed by atoms with E-state index in [1.165, 1.54) is 0 Å². The van der Waals surface area contributed by atoms with Gasteiger partial charge in [0.2, 0.25) is 0 Å². The molecule has 0 aliphatic carbocycles. The first-order valence-electron chi connectivity index (χ1n) is 5.39. The van der Waals surface area contributed by atoms with Gasteiger partial charge in [0, 0.05) is 0 Å². The predicted octanol–water partition coefficient (Wildman–Crippen LogP) is 2.01. The van der Waals surface area contributed by atoms with Gasteiger partial charge in [0.1, 0.15) is 11.6 Å². The summed E-state index contributed by atoms with van der Waals surface area (Å²) in [6, 6.07) is -0.903. The first-order chi connectivity index (χ1) is 7.17. The van der Waals surface area contributed by atoms with Crippen LogP contribution in [0.4, 0.5) is 4.79 Å². The molecular formula is C11H21NO4. The Morgan fingerprint density at radius 2 is 1.88 bits per heavy atom. The van der Waals surface area contributed by atoms with E-state index >= 15 is 0 Å². The summed E-state index contributed by atoms with van der Waals surface area (Å²) in [5, 5.41) is 11.3. The van der Waals surface area contributed by atoms with Crippen molar-refractivity contribution in [1.82, 2.24) is 5.32 Å². The maximum Gasteiger partial charge on any atom is 0.408 e. The summed E-state index contributed by atoms with van der Waals surface area (Å²) in [6.07, 6.45) is -0.0209. The Balaban J connectivity index is 4.42. The van der Waals surface area contributed by atoms with E-state index in [1.807, 2.05) is 6.92 Å². The van der Waals surface area contributed by atoms with Crippen LogP contribution in [-0.4, -0.2) is 28.8 Å². The summed E-state index contributed by atoms with van der Waals surface area (Å²) in [4.78, 5) is 22.3. The molecule has 0 rings (SSSR count). The highest BCUT2D eigenvalue weighted by molar-refractivity contribution is 5.80. The maximum absolute atomic E-state index is 11.4. The topological polar surface area (TPSA) is 75.6 Å². The van der Waals surface area contributed by atoms with E-state index in [1.54, 1.807) is 27.7 Å². The zero-order valence-electron chi connectivity index (χ0n) is 10.5. The highest BCUT2D eigenvalue weighted by Crippen LogP contribution is 2.11. The molecule has 0 saturated heterocycles. The minimum atomic E-state index is -1.04. The molecule has 0 aliphatic heterocycles. The summed E-state index contributed by atoms with van der Waals surface area (Å²) < 4.78 is 5.00. The van der Waals surface area contributed by atoms with Crippen LogP contribution in [0.3, 0.4) is 0 Å². The van der Waals surface area contributed by atoms with Gasteiger partial charge in [-0.1, -0.05) is 20.3 Å². The molecule has 0 fully saturated rings. The van der Waals surface area contributed by atoms with Crippen molar-refractivity contribution < 1.29 is 19.4 Å². The van der Waals surface area contributed by atoms with Crippen molar-refractivity contribution in [2.75, 3.05) is 0 Å². The minimum absolute atomic E-state index is 0.134. The van der Waals surface area contributed by atoms with Crippen molar-refractivity contribution in [3.8, 4) is 0 Å². The van der Waals surface area contributed by atoms with Crippen molar-refractivity contribution in [3.63, 3.8) is 0 Å². The molecule has 2 atom stereocenters. The van der Waals surface area contributed by atoms with Crippen LogP contribution < -0.4 is 5.32 Å². The van der Waals surface area contributed by atoms with Gasteiger partial charge in [0.25, 0.3) is 0 Å². The fourth-order valence-corrected chi connectivity index (χ4v) is 1.12. The van der Waals surface area contributed by atoms with E-state index in [-0.39, 0.29) is 5.92 Å². The summed E-state index contributed by atoms with van der Waals surface area (Å²) in [5.74, 6) is -1.18. The summed E-state index contributed by atoms with van der Waals surface area (Å²) in [7, 11) is 0. The van der Waals surface area contributed by atoms with Crippen molar-refractivity contribution in [3.05, 3.63) is 0 Å². The lowest BCUT2D eigenvalue weighted by atomic mass is 10.0. The average molecular weight is 232 g/mol. The molecule has 16 heavy (non-hydrogen) atoms. The number of nitrogens with one attached hydrogen (secondary N) is 1. The SMILES string of the molecule is CCC(C)C(NC(=O)OC(C)(C)C)[13C](=O)O. The third kappa shape index (κ3) is 5.58. The number of hydrogen-bond donors (Lipinski definition) is 2. The Labute approximate surface area is 96.2 Å². The highest BCUT2D eigenvalue weighted by atomic mass is 16.6. The third-order valence-electron chi connectivity index (χ3n) is 2.15. The van der Waals surface area contributed by atoms with Crippen LogP contribution in [0.15, 0.2) is 0 Å². The molecule has 5 heteroatoms.